The van der Waals surface area contributed by atoms with Gasteiger partial charge in [-0.2, -0.15) is 0 Å². The largest absolute Gasteiger partial charge is 0.462 e. The SMILES string of the molecule is CCCCC/C=C\C/C=C\C/C=C\CCCCCCC(=O)OC[C@H](COC(=O)CCCCCCCCC/C=C\C/C=C\CCCCC)OC(=O)CCCCCCCCCCCCCCC. The zero-order valence-electron chi connectivity index (χ0n) is 43.0. The number of carbonyl (C=O) groups excluding carboxylic acids is 3. The molecule has 0 heterocycles. The van der Waals surface area contributed by atoms with Crippen LogP contribution in [0.4, 0.5) is 0 Å². The van der Waals surface area contributed by atoms with Gasteiger partial charge in [0, 0.05) is 19.3 Å². The van der Waals surface area contributed by atoms with Gasteiger partial charge in [0.1, 0.15) is 13.2 Å². The lowest BCUT2D eigenvalue weighted by Crippen LogP contribution is -2.30. The predicted octanol–water partition coefficient (Wildman–Crippen LogP) is 18.4. The fourth-order valence-corrected chi connectivity index (χ4v) is 7.77. The Bertz CT molecular complexity index is 1180. The molecule has 1 atom stereocenters. The summed E-state index contributed by atoms with van der Waals surface area (Å²) >= 11 is 0. The maximum Gasteiger partial charge on any atom is 0.306 e. The first-order chi connectivity index (χ1) is 32.0. The molecule has 0 saturated heterocycles. The minimum Gasteiger partial charge on any atom is -0.462 e. The molecule has 0 radical (unpaired) electrons. The van der Waals surface area contributed by atoms with Gasteiger partial charge in [0.25, 0.3) is 0 Å². The minimum absolute atomic E-state index is 0.0837. The summed E-state index contributed by atoms with van der Waals surface area (Å²) in [5.74, 6) is -0.903. The van der Waals surface area contributed by atoms with E-state index < -0.39 is 6.10 Å². The van der Waals surface area contributed by atoms with Gasteiger partial charge in [0.05, 0.1) is 0 Å². The van der Waals surface area contributed by atoms with E-state index in [1.165, 1.54) is 141 Å². The van der Waals surface area contributed by atoms with Gasteiger partial charge in [-0.25, -0.2) is 0 Å². The van der Waals surface area contributed by atoms with Crippen LogP contribution in [0.3, 0.4) is 0 Å². The highest BCUT2D eigenvalue weighted by Gasteiger charge is 2.19. The Morgan fingerprint density at radius 1 is 0.308 bits per heavy atom. The lowest BCUT2D eigenvalue weighted by atomic mass is 10.0. The van der Waals surface area contributed by atoms with Crippen LogP contribution in [0.25, 0.3) is 0 Å². The summed E-state index contributed by atoms with van der Waals surface area (Å²) in [6, 6.07) is 0. The average Bonchev–Trinajstić information content (AvgIpc) is 3.30. The van der Waals surface area contributed by atoms with E-state index in [1.54, 1.807) is 0 Å². The Hall–Kier alpha value is -2.89. The fourth-order valence-electron chi connectivity index (χ4n) is 7.77. The number of ether oxygens (including phenoxy) is 3. The quantitative estimate of drug-likeness (QED) is 0.0262. The summed E-state index contributed by atoms with van der Waals surface area (Å²) in [6.45, 7) is 6.58. The number of esters is 3. The van der Waals surface area contributed by atoms with Gasteiger partial charge in [-0.05, 0) is 89.9 Å². The second kappa shape index (κ2) is 53.7. The van der Waals surface area contributed by atoms with Crippen molar-refractivity contribution >= 4 is 17.9 Å². The van der Waals surface area contributed by atoms with Gasteiger partial charge in [-0.3, -0.25) is 14.4 Å². The third-order valence-electron chi connectivity index (χ3n) is 12.0. The monoisotopic (exact) mass is 909 g/mol. The van der Waals surface area contributed by atoms with Crippen LogP contribution in [0.5, 0.6) is 0 Å². The van der Waals surface area contributed by atoms with Gasteiger partial charge >= 0.3 is 17.9 Å². The van der Waals surface area contributed by atoms with Crippen LogP contribution in [0.2, 0.25) is 0 Å². The first-order valence-corrected chi connectivity index (χ1v) is 27.8. The highest BCUT2D eigenvalue weighted by atomic mass is 16.6. The standard InChI is InChI=1S/C59H104O6/c1-4-7-10-13-16-19-22-25-27-29-31-34-36-39-42-45-48-51-57(60)63-54-56(65-59(62)53-50-47-44-41-38-33-24-21-18-15-12-9-6-3)55-64-58(61)52-49-46-43-40-37-35-32-30-28-26-23-20-17-14-11-8-5-2/h16-17,19-20,25-28,31,34,56H,4-15,18,21-24,29-30,32-33,35-55H2,1-3H3/b19-16-,20-17-,27-25-,28-26-,34-31-/t56-/m1/s1. The molecule has 0 spiro atoms. The Kier molecular flexibility index (Phi) is 51.3. The van der Waals surface area contributed by atoms with Crippen LogP contribution in [0, 0.1) is 0 Å². The van der Waals surface area contributed by atoms with Crippen molar-refractivity contribution in [3.05, 3.63) is 60.8 Å². The van der Waals surface area contributed by atoms with Crippen molar-refractivity contribution in [2.45, 2.75) is 284 Å². The van der Waals surface area contributed by atoms with Crippen molar-refractivity contribution in [2.24, 2.45) is 0 Å². The van der Waals surface area contributed by atoms with Crippen molar-refractivity contribution < 1.29 is 28.6 Å². The predicted molar refractivity (Wildman–Crippen MR) is 279 cm³/mol. The molecule has 0 rings (SSSR count). The van der Waals surface area contributed by atoms with Gasteiger partial charge in [0.2, 0.25) is 0 Å². The van der Waals surface area contributed by atoms with Crippen molar-refractivity contribution in [1.29, 1.82) is 0 Å². The van der Waals surface area contributed by atoms with E-state index in [2.05, 4.69) is 81.5 Å². The molecule has 0 bridgehead atoms. The molecule has 0 fully saturated rings. The second-order valence-electron chi connectivity index (χ2n) is 18.5. The van der Waals surface area contributed by atoms with Crippen LogP contribution < -0.4 is 0 Å². The maximum atomic E-state index is 12.8. The molecule has 65 heavy (non-hydrogen) atoms. The first kappa shape index (κ1) is 62.1. The molecule has 0 N–H and O–H groups in total. The van der Waals surface area contributed by atoms with Crippen LogP contribution in [0.15, 0.2) is 60.8 Å². The second-order valence-corrected chi connectivity index (χ2v) is 18.5. The number of hydrogen-bond donors (Lipinski definition) is 0. The smallest absolute Gasteiger partial charge is 0.306 e. The van der Waals surface area contributed by atoms with Crippen LogP contribution in [0.1, 0.15) is 278 Å². The summed E-state index contributed by atoms with van der Waals surface area (Å²) in [4.78, 5) is 38.1. The molecule has 0 aromatic rings. The number of hydrogen-bond acceptors (Lipinski definition) is 6. The van der Waals surface area contributed by atoms with Crippen molar-refractivity contribution in [1.82, 2.24) is 0 Å². The van der Waals surface area contributed by atoms with Crippen LogP contribution >= 0.6 is 0 Å². The lowest BCUT2D eigenvalue weighted by molar-refractivity contribution is -0.167. The van der Waals surface area contributed by atoms with E-state index in [4.69, 9.17) is 14.2 Å². The summed E-state index contributed by atoms with van der Waals surface area (Å²) in [6.07, 6.45) is 66.3. The zero-order valence-corrected chi connectivity index (χ0v) is 43.0. The zero-order chi connectivity index (χ0) is 47.2. The van der Waals surface area contributed by atoms with E-state index >= 15 is 0 Å². The van der Waals surface area contributed by atoms with Gasteiger partial charge in [0.15, 0.2) is 6.10 Å². The van der Waals surface area contributed by atoms with E-state index in [-0.39, 0.29) is 31.1 Å². The number of allylic oxidation sites excluding steroid dienone is 10. The third-order valence-corrected chi connectivity index (χ3v) is 12.0. The van der Waals surface area contributed by atoms with E-state index in [1.807, 2.05) is 0 Å². The van der Waals surface area contributed by atoms with Crippen molar-refractivity contribution in [3.63, 3.8) is 0 Å². The fraction of sp³-hybridized carbons (Fsp3) is 0.780. The highest BCUT2D eigenvalue weighted by molar-refractivity contribution is 5.71. The summed E-state index contributed by atoms with van der Waals surface area (Å²) in [5, 5.41) is 0. The molecule has 0 aromatic carbocycles. The van der Waals surface area contributed by atoms with Crippen molar-refractivity contribution in [3.8, 4) is 0 Å². The first-order valence-electron chi connectivity index (χ1n) is 27.8. The summed E-state index contributed by atoms with van der Waals surface area (Å²) in [5.41, 5.74) is 0. The average molecular weight is 909 g/mol. The Balaban J connectivity index is 4.40. The molecule has 376 valence electrons. The number of unbranched alkanes of at least 4 members (excludes halogenated alkanes) is 29. The summed E-state index contributed by atoms with van der Waals surface area (Å²) in [7, 11) is 0. The number of carbonyl (C=O) groups is 3. The maximum absolute atomic E-state index is 12.8. The number of rotatable bonds is 50. The van der Waals surface area contributed by atoms with E-state index in [0.717, 1.165) is 96.3 Å². The van der Waals surface area contributed by atoms with Crippen molar-refractivity contribution in [2.75, 3.05) is 13.2 Å². The van der Waals surface area contributed by atoms with Gasteiger partial charge in [-0.15, -0.1) is 0 Å². The molecule has 6 heteroatoms. The topological polar surface area (TPSA) is 78.9 Å². The molecular formula is C59H104O6. The Labute approximate surface area is 402 Å². The molecule has 0 aromatic heterocycles. The van der Waals surface area contributed by atoms with Gasteiger partial charge < -0.3 is 14.2 Å². The minimum atomic E-state index is -0.784. The molecule has 6 nitrogen and oxygen atoms in total. The highest BCUT2D eigenvalue weighted by Crippen LogP contribution is 2.15. The van der Waals surface area contributed by atoms with E-state index in [0.29, 0.717) is 19.3 Å². The van der Waals surface area contributed by atoms with Crippen LogP contribution in [-0.4, -0.2) is 37.2 Å². The molecular weight excluding hydrogens is 805 g/mol. The molecule has 0 amide bonds. The summed E-state index contributed by atoms with van der Waals surface area (Å²) < 4.78 is 16.8. The molecule has 0 saturated carbocycles. The molecule has 0 aliphatic carbocycles. The molecule has 0 aliphatic heterocycles. The Morgan fingerprint density at radius 2 is 0.554 bits per heavy atom. The normalized spacial score (nSPS) is 12.5. The third kappa shape index (κ3) is 51.9. The lowest BCUT2D eigenvalue weighted by Gasteiger charge is -2.18. The van der Waals surface area contributed by atoms with E-state index in [9.17, 15) is 14.4 Å². The van der Waals surface area contributed by atoms with Crippen LogP contribution in [-0.2, 0) is 28.6 Å². The Morgan fingerprint density at radius 3 is 0.892 bits per heavy atom. The molecule has 0 aliphatic rings. The molecule has 0 unspecified atom stereocenters. The van der Waals surface area contributed by atoms with Gasteiger partial charge in [-0.1, -0.05) is 229 Å².